The second kappa shape index (κ2) is 7.32. The molecule has 0 bridgehead atoms. The minimum absolute atomic E-state index is 0.0248. The average molecular weight is 333 g/mol. The summed E-state index contributed by atoms with van der Waals surface area (Å²) in [6.45, 7) is 1.69. The smallest absolute Gasteiger partial charge is 0.257 e. The van der Waals surface area contributed by atoms with Crippen LogP contribution in [0.3, 0.4) is 0 Å². The molecule has 0 spiro atoms. The summed E-state index contributed by atoms with van der Waals surface area (Å²) in [6, 6.07) is 3.45. The van der Waals surface area contributed by atoms with Gasteiger partial charge in [0.25, 0.3) is 5.91 Å². The van der Waals surface area contributed by atoms with Crippen LogP contribution >= 0.6 is 0 Å². The predicted molar refractivity (Wildman–Crippen MR) is 92.1 cm³/mol. The van der Waals surface area contributed by atoms with Gasteiger partial charge in [0, 0.05) is 25.2 Å². The van der Waals surface area contributed by atoms with E-state index in [1.807, 2.05) is 4.90 Å². The highest BCUT2D eigenvalue weighted by Gasteiger charge is 2.34. The minimum Gasteiger partial charge on any atom is -0.496 e. The van der Waals surface area contributed by atoms with Gasteiger partial charge in [-0.3, -0.25) is 4.79 Å². The number of hydrogen-bond donors (Lipinski definition) is 0. The molecule has 1 aromatic rings. The van der Waals surface area contributed by atoms with E-state index < -0.39 is 0 Å². The van der Waals surface area contributed by atoms with Crippen molar-refractivity contribution in [2.45, 2.75) is 32.1 Å². The van der Waals surface area contributed by atoms with Crippen LogP contribution in [0.4, 0.5) is 0 Å². The van der Waals surface area contributed by atoms with Gasteiger partial charge in [-0.2, -0.15) is 0 Å². The molecule has 24 heavy (non-hydrogen) atoms. The van der Waals surface area contributed by atoms with E-state index >= 15 is 0 Å². The first-order valence-corrected chi connectivity index (χ1v) is 8.77. The molecular formula is C19H27NO4. The number of piperidine rings is 1. The van der Waals surface area contributed by atoms with Gasteiger partial charge < -0.3 is 19.1 Å². The van der Waals surface area contributed by atoms with E-state index in [0.29, 0.717) is 28.7 Å². The quantitative estimate of drug-likeness (QED) is 0.848. The van der Waals surface area contributed by atoms with E-state index in [1.54, 1.807) is 33.5 Å². The lowest BCUT2D eigenvalue weighted by molar-refractivity contribution is 0.0517. The molecule has 0 N–H and O–H groups in total. The van der Waals surface area contributed by atoms with Crippen molar-refractivity contribution in [1.29, 1.82) is 0 Å². The van der Waals surface area contributed by atoms with E-state index in [9.17, 15) is 4.79 Å². The molecule has 0 unspecified atom stereocenters. The Morgan fingerprint density at radius 3 is 2.21 bits per heavy atom. The Hall–Kier alpha value is -1.91. The van der Waals surface area contributed by atoms with Crippen molar-refractivity contribution in [3.05, 3.63) is 17.7 Å². The number of ether oxygens (including phenoxy) is 3. The molecule has 1 aromatic carbocycles. The fourth-order valence-electron chi connectivity index (χ4n) is 4.15. The van der Waals surface area contributed by atoms with Crippen molar-refractivity contribution in [2.24, 2.45) is 11.8 Å². The van der Waals surface area contributed by atoms with Crippen LogP contribution in [0.5, 0.6) is 17.2 Å². The van der Waals surface area contributed by atoms with Gasteiger partial charge in [0.05, 0.1) is 26.9 Å². The third-order valence-corrected chi connectivity index (χ3v) is 5.51. The molecule has 1 saturated heterocycles. The van der Waals surface area contributed by atoms with Gasteiger partial charge in [0.15, 0.2) is 11.5 Å². The molecule has 132 valence electrons. The molecule has 0 aromatic heterocycles. The highest BCUT2D eigenvalue weighted by Crippen LogP contribution is 2.38. The van der Waals surface area contributed by atoms with Crippen molar-refractivity contribution in [2.75, 3.05) is 34.4 Å². The highest BCUT2D eigenvalue weighted by molar-refractivity contribution is 5.98. The summed E-state index contributed by atoms with van der Waals surface area (Å²) < 4.78 is 16.1. The molecule has 0 radical (unpaired) electrons. The molecule has 5 heteroatoms. The number of methoxy groups -OCH3 is 3. The molecule has 1 heterocycles. The zero-order valence-electron chi connectivity index (χ0n) is 14.8. The normalized spacial score (nSPS) is 23.4. The second-order valence-electron chi connectivity index (χ2n) is 6.75. The molecular weight excluding hydrogens is 306 g/mol. The second-order valence-corrected chi connectivity index (χ2v) is 6.75. The first-order valence-electron chi connectivity index (χ1n) is 8.77. The Balaban J connectivity index is 1.83. The topological polar surface area (TPSA) is 48.0 Å². The summed E-state index contributed by atoms with van der Waals surface area (Å²) in [5.41, 5.74) is 0.546. The number of fused-ring (bicyclic) bond motifs is 1. The Morgan fingerprint density at radius 2 is 1.54 bits per heavy atom. The molecule has 1 amide bonds. The van der Waals surface area contributed by atoms with Crippen LogP contribution < -0.4 is 14.2 Å². The van der Waals surface area contributed by atoms with Gasteiger partial charge >= 0.3 is 0 Å². The van der Waals surface area contributed by atoms with Crippen LogP contribution in [0, 0.1) is 11.8 Å². The highest BCUT2D eigenvalue weighted by atomic mass is 16.5. The van der Waals surface area contributed by atoms with Crippen molar-refractivity contribution in [3.8, 4) is 17.2 Å². The van der Waals surface area contributed by atoms with Crippen molar-refractivity contribution in [1.82, 2.24) is 4.90 Å². The van der Waals surface area contributed by atoms with E-state index in [4.69, 9.17) is 14.2 Å². The number of rotatable bonds is 4. The van der Waals surface area contributed by atoms with Crippen LogP contribution in [0.2, 0.25) is 0 Å². The molecule has 3 rings (SSSR count). The van der Waals surface area contributed by atoms with Crippen LogP contribution in [0.25, 0.3) is 0 Å². The Morgan fingerprint density at radius 1 is 0.917 bits per heavy atom. The zero-order chi connectivity index (χ0) is 17.1. The molecule has 1 saturated carbocycles. The number of carbonyl (C=O) groups is 1. The predicted octanol–water partition coefficient (Wildman–Crippen LogP) is 3.36. The van der Waals surface area contributed by atoms with Crippen molar-refractivity contribution >= 4 is 5.91 Å². The zero-order valence-corrected chi connectivity index (χ0v) is 14.8. The first-order chi connectivity index (χ1) is 11.7. The molecule has 2 fully saturated rings. The summed E-state index contributed by atoms with van der Waals surface area (Å²) in [7, 11) is 4.73. The van der Waals surface area contributed by atoms with Crippen LogP contribution in [-0.4, -0.2) is 45.2 Å². The number of hydrogen-bond acceptors (Lipinski definition) is 4. The van der Waals surface area contributed by atoms with Crippen molar-refractivity contribution in [3.63, 3.8) is 0 Å². The average Bonchev–Trinajstić information content (AvgIpc) is 2.65. The lowest BCUT2D eigenvalue weighted by Gasteiger charge is -2.41. The number of carbonyl (C=O) groups excluding carboxylic acids is 1. The lowest BCUT2D eigenvalue weighted by Crippen LogP contribution is -2.44. The Labute approximate surface area is 143 Å². The number of nitrogens with zero attached hydrogens (tertiary/aromatic N) is 1. The number of benzene rings is 1. The Bertz CT molecular complexity index is 601. The van der Waals surface area contributed by atoms with Crippen LogP contribution in [0.15, 0.2) is 12.1 Å². The maximum atomic E-state index is 13.1. The number of amides is 1. The van der Waals surface area contributed by atoms with Gasteiger partial charge in [-0.05, 0) is 24.7 Å². The van der Waals surface area contributed by atoms with Gasteiger partial charge in [-0.1, -0.05) is 19.3 Å². The summed E-state index contributed by atoms with van der Waals surface area (Å²) in [6.07, 6.45) is 6.33. The third-order valence-electron chi connectivity index (χ3n) is 5.51. The maximum Gasteiger partial charge on any atom is 0.257 e. The summed E-state index contributed by atoms with van der Waals surface area (Å²) in [5, 5.41) is 0. The summed E-state index contributed by atoms with van der Waals surface area (Å²) in [4.78, 5) is 15.1. The van der Waals surface area contributed by atoms with E-state index in [-0.39, 0.29) is 5.91 Å². The van der Waals surface area contributed by atoms with E-state index in [1.165, 1.54) is 25.7 Å². The van der Waals surface area contributed by atoms with E-state index in [0.717, 1.165) is 25.4 Å². The van der Waals surface area contributed by atoms with Gasteiger partial charge in [0.1, 0.15) is 5.75 Å². The minimum atomic E-state index is 0.0248. The molecule has 1 aliphatic heterocycles. The first kappa shape index (κ1) is 16.9. The van der Waals surface area contributed by atoms with Gasteiger partial charge in [0.2, 0.25) is 0 Å². The Kier molecular flexibility index (Phi) is 5.17. The van der Waals surface area contributed by atoms with Crippen LogP contribution in [0.1, 0.15) is 42.5 Å². The monoisotopic (exact) mass is 333 g/mol. The molecule has 2 atom stereocenters. The molecule has 1 aliphatic carbocycles. The van der Waals surface area contributed by atoms with E-state index in [2.05, 4.69) is 0 Å². The summed E-state index contributed by atoms with van der Waals surface area (Å²) in [5.74, 6) is 3.13. The lowest BCUT2D eigenvalue weighted by atomic mass is 9.75. The van der Waals surface area contributed by atoms with Crippen molar-refractivity contribution < 1.29 is 19.0 Å². The molecule has 5 nitrogen and oxygen atoms in total. The van der Waals surface area contributed by atoms with Gasteiger partial charge in [-0.15, -0.1) is 0 Å². The van der Waals surface area contributed by atoms with Gasteiger partial charge in [-0.25, -0.2) is 0 Å². The SMILES string of the molecule is COc1cc(OC)c(C(=O)N2CC[C@H]3CCCC[C@@H]3C2)cc1OC. The van der Waals surface area contributed by atoms with Crippen LogP contribution in [-0.2, 0) is 0 Å². The molecule has 2 aliphatic rings. The number of likely N-dealkylation sites (tertiary alicyclic amines) is 1. The summed E-state index contributed by atoms with van der Waals surface area (Å²) >= 11 is 0. The standard InChI is InChI=1S/C19H27NO4/c1-22-16-11-18(24-3)17(23-2)10-15(16)19(21)20-9-8-13-6-4-5-7-14(13)12-20/h10-11,13-14H,4-9,12H2,1-3H3/t13-,14-/m1/s1. The fourth-order valence-corrected chi connectivity index (χ4v) is 4.15. The fraction of sp³-hybridized carbons (Fsp3) is 0.632. The largest absolute Gasteiger partial charge is 0.496 e. The maximum absolute atomic E-state index is 13.1. The third kappa shape index (κ3) is 3.17.